The Labute approximate surface area is 122 Å². The summed E-state index contributed by atoms with van der Waals surface area (Å²) in [5.41, 5.74) is 1.25. The molecule has 0 unspecified atom stereocenters. The number of hydrogen-bond acceptors (Lipinski definition) is 5. The van der Waals surface area contributed by atoms with Gasteiger partial charge >= 0.3 is 0 Å². The summed E-state index contributed by atoms with van der Waals surface area (Å²) in [5, 5.41) is 9.34. The second kappa shape index (κ2) is 6.37. The summed E-state index contributed by atoms with van der Waals surface area (Å²) >= 11 is 0. The number of aromatic nitrogens is 2. The van der Waals surface area contributed by atoms with Gasteiger partial charge < -0.3 is 14.6 Å². The number of nitrogens with zero attached hydrogens (tertiary/aromatic N) is 2. The number of ether oxygens (including phenoxy) is 1. The Bertz CT molecular complexity index is 711. The van der Waals surface area contributed by atoms with Crippen molar-refractivity contribution in [2.24, 2.45) is 0 Å². The van der Waals surface area contributed by atoms with Crippen molar-refractivity contribution in [3.8, 4) is 5.75 Å². The fourth-order valence-corrected chi connectivity index (χ4v) is 2.39. The number of methoxy groups -OCH3 is 1. The Hall–Kier alpha value is -2.40. The highest BCUT2D eigenvalue weighted by Crippen LogP contribution is 2.28. The van der Waals surface area contributed by atoms with Crippen molar-refractivity contribution in [2.75, 3.05) is 13.7 Å². The van der Waals surface area contributed by atoms with E-state index in [0.29, 0.717) is 5.89 Å². The van der Waals surface area contributed by atoms with E-state index in [0.717, 1.165) is 30.6 Å². The SMILES string of the molecule is COc1ccc(CNCCc2ncno2)c2ccccc12. The molecule has 3 aromatic rings. The van der Waals surface area contributed by atoms with Crippen molar-refractivity contribution in [3.63, 3.8) is 0 Å². The van der Waals surface area contributed by atoms with Crippen LogP contribution in [0.25, 0.3) is 10.8 Å². The molecule has 0 aliphatic carbocycles. The van der Waals surface area contributed by atoms with E-state index in [1.165, 1.54) is 17.3 Å². The molecule has 0 radical (unpaired) electrons. The minimum Gasteiger partial charge on any atom is -0.496 e. The molecule has 0 aliphatic heterocycles. The first kappa shape index (κ1) is 13.6. The quantitative estimate of drug-likeness (QED) is 0.704. The summed E-state index contributed by atoms with van der Waals surface area (Å²) in [6, 6.07) is 12.4. The van der Waals surface area contributed by atoms with Gasteiger partial charge in [0.25, 0.3) is 0 Å². The molecule has 5 heteroatoms. The molecule has 0 fully saturated rings. The van der Waals surface area contributed by atoms with Crippen molar-refractivity contribution in [1.82, 2.24) is 15.5 Å². The molecular formula is C16H17N3O2. The van der Waals surface area contributed by atoms with Crippen molar-refractivity contribution in [3.05, 3.63) is 54.2 Å². The lowest BCUT2D eigenvalue weighted by Gasteiger charge is -2.11. The third-order valence-corrected chi connectivity index (χ3v) is 3.43. The molecule has 1 N–H and O–H groups in total. The van der Waals surface area contributed by atoms with Crippen LogP contribution in [0.4, 0.5) is 0 Å². The average molecular weight is 283 g/mol. The highest BCUT2D eigenvalue weighted by molar-refractivity contribution is 5.91. The van der Waals surface area contributed by atoms with Crippen molar-refractivity contribution in [2.45, 2.75) is 13.0 Å². The fourth-order valence-electron chi connectivity index (χ4n) is 2.39. The molecule has 0 bridgehead atoms. The van der Waals surface area contributed by atoms with Crippen LogP contribution in [0.2, 0.25) is 0 Å². The summed E-state index contributed by atoms with van der Waals surface area (Å²) in [6.07, 6.45) is 2.15. The van der Waals surface area contributed by atoms with Crippen LogP contribution in [-0.4, -0.2) is 23.8 Å². The standard InChI is InChI=1S/C16H17N3O2/c1-20-15-7-6-12(13-4-2-3-5-14(13)15)10-17-9-8-16-18-11-19-21-16/h2-7,11,17H,8-10H2,1H3. The number of benzene rings is 2. The van der Waals surface area contributed by atoms with E-state index < -0.39 is 0 Å². The Balaban J connectivity index is 1.69. The molecule has 21 heavy (non-hydrogen) atoms. The molecule has 0 atom stereocenters. The van der Waals surface area contributed by atoms with Crippen LogP contribution in [0.1, 0.15) is 11.5 Å². The van der Waals surface area contributed by atoms with Crippen LogP contribution < -0.4 is 10.1 Å². The molecule has 3 rings (SSSR count). The van der Waals surface area contributed by atoms with Crippen LogP contribution in [0, 0.1) is 0 Å². The molecule has 0 amide bonds. The van der Waals surface area contributed by atoms with Gasteiger partial charge in [0.05, 0.1) is 7.11 Å². The summed E-state index contributed by atoms with van der Waals surface area (Å²) in [6.45, 7) is 1.58. The number of nitrogens with one attached hydrogen (secondary N) is 1. The molecule has 0 saturated heterocycles. The third kappa shape index (κ3) is 3.03. The topological polar surface area (TPSA) is 60.2 Å². The van der Waals surface area contributed by atoms with E-state index in [1.807, 2.05) is 18.2 Å². The van der Waals surface area contributed by atoms with Gasteiger partial charge in [-0.25, -0.2) is 0 Å². The highest BCUT2D eigenvalue weighted by Gasteiger charge is 2.06. The predicted molar refractivity (Wildman–Crippen MR) is 80.2 cm³/mol. The molecular weight excluding hydrogens is 266 g/mol. The normalized spacial score (nSPS) is 10.9. The maximum Gasteiger partial charge on any atom is 0.227 e. The number of hydrogen-bond donors (Lipinski definition) is 1. The van der Waals surface area contributed by atoms with Crippen LogP contribution in [-0.2, 0) is 13.0 Å². The minimum absolute atomic E-state index is 0.655. The van der Waals surface area contributed by atoms with Gasteiger partial charge in [0.15, 0.2) is 6.33 Å². The first-order valence-electron chi connectivity index (χ1n) is 6.89. The zero-order valence-electron chi connectivity index (χ0n) is 11.9. The van der Waals surface area contributed by atoms with Gasteiger partial charge in [-0.2, -0.15) is 4.98 Å². The van der Waals surface area contributed by atoms with Crippen molar-refractivity contribution < 1.29 is 9.26 Å². The van der Waals surface area contributed by atoms with Crippen LogP contribution >= 0.6 is 0 Å². The molecule has 0 spiro atoms. The van der Waals surface area contributed by atoms with E-state index in [-0.39, 0.29) is 0 Å². The van der Waals surface area contributed by atoms with Crippen LogP contribution in [0.15, 0.2) is 47.2 Å². The van der Waals surface area contributed by atoms with E-state index in [2.05, 4.69) is 33.7 Å². The Morgan fingerprint density at radius 1 is 1.14 bits per heavy atom. The van der Waals surface area contributed by atoms with Gasteiger partial charge in [-0.3, -0.25) is 0 Å². The molecule has 2 aromatic carbocycles. The van der Waals surface area contributed by atoms with Gasteiger partial charge in [-0.1, -0.05) is 35.5 Å². The number of fused-ring (bicyclic) bond motifs is 1. The van der Waals surface area contributed by atoms with E-state index >= 15 is 0 Å². The van der Waals surface area contributed by atoms with Gasteiger partial charge in [0.2, 0.25) is 5.89 Å². The monoisotopic (exact) mass is 283 g/mol. The lowest BCUT2D eigenvalue weighted by Crippen LogP contribution is -2.17. The molecule has 108 valence electrons. The molecule has 1 aromatic heterocycles. The van der Waals surface area contributed by atoms with Gasteiger partial charge in [0, 0.05) is 24.9 Å². The van der Waals surface area contributed by atoms with Crippen molar-refractivity contribution in [1.29, 1.82) is 0 Å². The molecule has 5 nitrogen and oxygen atoms in total. The maximum atomic E-state index is 5.41. The summed E-state index contributed by atoms with van der Waals surface area (Å²) in [7, 11) is 1.70. The first-order valence-corrected chi connectivity index (χ1v) is 6.89. The summed E-state index contributed by atoms with van der Waals surface area (Å²) < 4.78 is 10.4. The second-order valence-corrected chi connectivity index (χ2v) is 4.73. The smallest absolute Gasteiger partial charge is 0.227 e. The number of rotatable bonds is 6. The minimum atomic E-state index is 0.655. The largest absolute Gasteiger partial charge is 0.496 e. The highest BCUT2D eigenvalue weighted by atomic mass is 16.5. The van der Waals surface area contributed by atoms with E-state index in [4.69, 9.17) is 9.26 Å². The lowest BCUT2D eigenvalue weighted by molar-refractivity contribution is 0.375. The van der Waals surface area contributed by atoms with Gasteiger partial charge in [-0.15, -0.1) is 0 Å². The van der Waals surface area contributed by atoms with Crippen LogP contribution in [0.5, 0.6) is 5.75 Å². The predicted octanol–water partition coefficient (Wildman–Crippen LogP) is 2.56. The Morgan fingerprint density at radius 3 is 2.76 bits per heavy atom. The van der Waals surface area contributed by atoms with E-state index in [1.54, 1.807) is 7.11 Å². The zero-order chi connectivity index (χ0) is 14.5. The zero-order valence-corrected chi connectivity index (χ0v) is 11.9. The first-order chi connectivity index (χ1) is 10.4. The Morgan fingerprint density at radius 2 is 2.00 bits per heavy atom. The third-order valence-electron chi connectivity index (χ3n) is 3.43. The molecule has 1 heterocycles. The second-order valence-electron chi connectivity index (χ2n) is 4.73. The Kier molecular flexibility index (Phi) is 4.12. The van der Waals surface area contributed by atoms with Gasteiger partial charge in [0.1, 0.15) is 5.75 Å². The lowest BCUT2D eigenvalue weighted by atomic mass is 10.0. The molecule has 0 aliphatic rings. The van der Waals surface area contributed by atoms with Crippen LogP contribution in [0.3, 0.4) is 0 Å². The molecule has 0 saturated carbocycles. The van der Waals surface area contributed by atoms with E-state index in [9.17, 15) is 0 Å². The maximum absolute atomic E-state index is 5.41. The fraction of sp³-hybridized carbons (Fsp3) is 0.250. The summed E-state index contributed by atoms with van der Waals surface area (Å²) in [5.74, 6) is 1.56. The van der Waals surface area contributed by atoms with Gasteiger partial charge in [-0.05, 0) is 17.0 Å². The van der Waals surface area contributed by atoms with Crippen molar-refractivity contribution >= 4 is 10.8 Å². The average Bonchev–Trinajstić information content (AvgIpc) is 3.05. The summed E-state index contributed by atoms with van der Waals surface area (Å²) in [4.78, 5) is 4.00.